The van der Waals surface area contributed by atoms with Crippen molar-refractivity contribution in [3.8, 4) is 11.7 Å². The molecular formula is C18H21N4O3S+. The van der Waals surface area contributed by atoms with Gasteiger partial charge in [0, 0.05) is 31.1 Å². The summed E-state index contributed by atoms with van der Waals surface area (Å²) in [7, 11) is 4.07. The second-order valence-corrected chi connectivity index (χ2v) is 7.27. The number of anilines is 1. The van der Waals surface area contributed by atoms with E-state index in [9.17, 15) is 0 Å². The zero-order valence-electron chi connectivity index (χ0n) is 14.7. The molecule has 136 valence electrons. The Balaban J connectivity index is 1.30. The van der Waals surface area contributed by atoms with E-state index < -0.39 is 0 Å². The lowest BCUT2D eigenvalue weighted by atomic mass is 10.2. The molecule has 2 aromatic heterocycles. The number of hydrogen-bond acceptors (Lipinski definition) is 7. The van der Waals surface area contributed by atoms with E-state index in [4.69, 9.17) is 13.6 Å². The Hall–Kier alpha value is -2.29. The van der Waals surface area contributed by atoms with Crippen LogP contribution in [0.3, 0.4) is 0 Å². The third-order valence-electron chi connectivity index (χ3n) is 4.22. The summed E-state index contributed by atoms with van der Waals surface area (Å²) in [4.78, 5) is 2.09. The zero-order valence-corrected chi connectivity index (χ0v) is 15.5. The predicted molar refractivity (Wildman–Crippen MR) is 97.9 cm³/mol. The average Bonchev–Trinajstić information content (AvgIpc) is 3.40. The molecular weight excluding hydrogens is 352 g/mol. The number of nitrogens with zero attached hydrogens (tertiary/aromatic N) is 3. The summed E-state index contributed by atoms with van der Waals surface area (Å²) < 4.78 is 17.0. The second-order valence-electron chi connectivity index (χ2n) is 6.30. The van der Waals surface area contributed by atoms with Crippen molar-refractivity contribution in [1.82, 2.24) is 10.2 Å². The molecule has 1 aliphatic heterocycles. The number of thioether (sulfide) groups is 1. The van der Waals surface area contributed by atoms with Crippen molar-refractivity contribution in [2.75, 3.05) is 31.3 Å². The van der Waals surface area contributed by atoms with Gasteiger partial charge in [-0.25, -0.2) is 0 Å². The maximum Gasteiger partial charge on any atom is 0.284 e. The van der Waals surface area contributed by atoms with Crippen LogP contribution in [0.4, 0.5) is 5.69 Å². The van der Waals surface area contributed by atoms with Crippen molar-refractivity contribution < 1.29 is 18.9 Å². The van der Waals surface area contributed by atoms with Gasteiger partial charge in [-0.1, -0.05) is 11.8 Å². The molecule has 3 heterocycles. The Morgan fingerprint density at radius 3 is 2.77 bits per heavy atom. The van der Waals surface area contributed by atoms with Gasteiger partial charge in [0.05, 0.1) is 6.26 Å². The van der Waals surface area contributed by atoms with Gasteiger partial charge >= 0.3 is 0 Å². The Labute approximate surface area is 155 Å². The highest BCUT2D eigenvalue weighted by molar-refractivity contribution is 7.99. The lowest BCUT2D eigenvalue weighted by Crippen LogP contribution is -2.82. The second kappa shape index (κ2) is 7.53. The molecule has 1 aromatic carbocycles. The third-order valence-corrected chi connectivity index (χ3v) is 5.17. The molecule has 0 amide bonds. The highest BCUT2D eigenvalue weighted by Crippen LogP contribution is 2.26. The first-order valence-electron chi connectivity index (χ1n) is 8.45. The summed E-state index contributed by atoms with van der Waals surface area (Å²) in [5, 5.41) is 10.8. The van der Waals surface area contributed by atoms with Gasteiger partial charge in [-0.3, -0.25) is 0 Å². The molecule has 2 N–H and O–H groups in total. The topological polar surface area (TPSA) is 81.1 Å². The molecule has 2 atom stereocenters. The number of ether oxygens (including phenoxy) is 1. The van der Waals surface area contributed by atoms with Crippen LogP contribution in [0.15, 0.2) is 56.7 Å². The van der Waals surface area contributed by atoms with Gasteiger partial charge in [0.15, 0.2) is 5.76 Å². The van der Waals surface area contributed by atoms with Gasteiger partial charge in [-0.05, 0) is 36.4 Å². The Morgan fingerprint density at radius 2 is 2.04 bits per heavy atom. The highest BCUT2D eigenvalue weighted by atomic mass is 32.2. The standard InChI is InChI=1S/C18H20N4O3S/c1-22(2)13-7-5-12(6-8-13)16-19-10-14(24-16)11-26-18-21-20-17(25-18)15-4-3-9-23-15/h3-9,14,16,19H,10-11H2,1-2H3/p+1/t14-,16-/m1/s1. The summed E-state index contributed by atoms with van der Waals surface area (Å²) in [5.41, 5.74) is 2.36. The normalized spacial score (nSPS) is 19.8. The molecule has 26 heavy (non-hydrogen) atoms. The van der Waals surface area contributed by atoms with Crippen molar-refractivity contribution in [1.29, 1.82) is 0 Å². The Bertz CT molecular complexity index is 833. The lowest BCUT2D eigenvalue weighted by molar-refractivity contribution is -0.697. The molecule has 1 fully saturated rings. The van der Waals surface area contributed by atoms with Gasteiger partial charge in [0.25, 0.3) is 11.1 Å². The molecule has 1 saturated heterocycles. The minimum absolute atomic E-state index is 0.0400. The van der Waals surface area contributed by atoms with Crippen molar-refractivity contribution >= 4 is 17.4 Å². The van der Waals surface area contributed by atoms with Crippen LogP contribution in [-0.2, 0) is 4.74 Å². The number of aromatic nitrogens is 2. The maximum atomic E-state index is 6.15. The number of benzene rings is 1. The van der Waals surface area contributed by atoms with E-state index in [0.29, 0.717) is 16.9 Å². The molecule has 0 saturated carbocycles. The number of rotatable bonds is 6. The van der Waals surface area contributed by atoms with Crippen molar-refractivity contribution in [3.05, 3.63) is 48.2 Å². The molecule has 0 spiro atoms. The molecule has 0 radical (unpaired) electrons. The number of nitrogens with two attached hydrogens (primary N) is 1. The van der Waals surface area contributed by atoms with E-state index in [0.717, 1.165) is 12.3 Å². The van der Waals surface area contributed by atoms with Crippen molar-refractivity contribution in [3.63, 3.8) is 0 Å². The van der Waals surface area contributed by atoms with Crippen molar-refractivity contribution in [2.45, 2.75) is 17.6 Å². The van der Waals surface area contributed by atoms with Crippen LogP contribution in [0.2, 0.25) is 0 Å². The zero-order chi connectivity index (χ0) is 17.9. The van der Waals surface area contributed by atoms with Gasteiger partial charge in [-0.15, -0.1) is 10.2 Å². The summed E-state index contributed by atoms with van der Waals surface area (Å²) in [6.07, 6.45) is 1.76. The summed E-state index contributed by atoms with van der Waals surface area (Å²) in [6, 6.07) is 12.1. The molecule has 0 aliphatic carbocycles. The Morgan fingerprint density at radius 1 is 1.19 bits per heavy atom. The van der Waals surface area contributed by atoms with Gasteiger partial charge in [0.1, 0.15) is 12.6 Å². The van der Waals surface area contributed by atoms with E-state index in [1.807, 2.05) is 14.1 Å². The minimum Gasteiger partial charge on any atom is -0.459 e. The summed E-state index contributed by atoms with van der Waals surface area (Å²) in [6.45, 7) is 0.909. The number of quaternary nitrogens is 1. The van der Waals surface area contributed by atoms with E-state index >= 15 is 0 Å². The number of hydrogen-bond donors (Lipinski definition) is 1. The quantitative estimate of drug-likeness (QED) is 0.663. The molecule has 1 aliphatic rings. The summed E-state index contributed by atoms with van der Waals surface area (Å²) >= 11 is 1.51. The van der Waals surface area contributed by atoms with Crippen LogP contribution in [0, 0.1) is 0 Å². The van der Waals surface area contributed by atoms with Gasteiger partial charge in [-0.2, -0.15) is 0 Å². The monoisotopic (exact) mass is 373 g/mol. The molecule has 0 bridgehead atoms. The molecule has 0 unspecified atom stereocenters. The first-order chi connectivity index (χ1) is 12.7. The van der Waals surface area contributed by atoms with Crippen LogP contribution in [0.25, 0.3) is 11.7 Å². The van der Waals surface area contributed by atoms with E-state index in [1.165, 1.54) is 23.0 Å². The van der Waals surface area contributed by atoms with Crippen LogP contribution in [0.5, 0.6) is 0 Å². The van der Waals surface area contributed by atoms with Crippen LogP contribution in [-0.4, -0.2) is 42.7 Å². The largest absolute Gasteiger partial charge is 0.459 e. The highest BCUT2D eigenvalue weighted by Gasteiger charge is 2.30. The first kappa shape index (κ1) is 17.1. The number of furan rings is 1. The van der Waals surface area contributed by atoms with E-state index in [-0.39, 0.29) is 12.3 Å². The predicted octanol–water partition coefficient (Wildman–Crippen LogP) is 2.15. The third kappa shape index (κ3) is 3.77. The minimum atomic E-state index is 0.0400. The van der Waals surface area contributed by atoms with Crippen LogP contribution in [0.1, 0.15) is 11.8 Å². The molecule has 4 rings (SSSR count). The summed E-state index contributed by atoms with van der Waals surface area (Å²) in [5.74, 6) is 1.74. The van der Waals surface area contributed by atoms with Crippen LogP contribution < -0.4 is 10.2 Å². The average molecular weight is 373 g/mol. The fraction of sp³-hybridized carbons (Fsp3) is 0.333. The fourth-order valence-electron chi connectivity index (χ4n) is 2.81. The van der Waals surface area contributed by atoms with Crippen LogP contribution >= 0.6 is 11.8 Å². The van der Waals surface area contributed by atoms with Crippen molar-refractivity contribution in [2.24, 2.45) is 0 Å². The van der Waals surface area contributed by atoms with Gasteiger partial charge in [0.2, 0.25) is 6.23 Å². The SMILES string of the molecule is CN(C)c1ccc([C@@H]2[NH2+]C[C@H](CSc3nnc(-c4ccco4)o3)O2)cc1. The molecule has 3 aromatic rings. The Kier molecular flexibility index (Phi) is 4.96. The van der Waals surface area contributed by atoms with E-state index in [2.05, 4.69) is 44.7 Å². The molecule has 7 nitrogen and oxygen atoms in total. The smallest absolute Gasteiger partial charge is 0.284 e. The fourth-order valence-corrected chi connectivity index (χ4v) is 3.59. The molecule has 8 heteroatoms. The first-order valence-corrected chi connectivity index (χ1v) is 9.44. The maximum absolute atomic E-state index is 6.15. The lowest BCUT2D eigenvalue weighted by Gasteiger charge is -2.14. The van der Waals surface area contributed by atoms with Gasteiger partial charge < -0.3 is 23.8 Å². The van der Waals surface area contributed by atoms with E-state index in [1.54, 1.807) is 18.4 Å².